The maximum atomic E-state index is 7.21. The van der Waals surface area contributed by atoms with Crippen LogP contribution in [0.5, 0.6) is 0 Å². The highest BCUT2D eigenvalue weighted by Gasteiger charge is 2.26. The van der Waals surface area contributed by atoms with Gasteiger partial charge in [0, 0.05) is 54.7 Å². The molecule has 0 N–H and O–H groups in total. The Bertz CT molecular complexity index is 4640. The molecule has 330 valence electrons. The molecule has 0 spiro atoms. The van der Waals surface area contributed by atoms with Crippen molar-refractivity contribution in [1.82, 2.24) is 24.1 Å². The number of aromatic nitrogens is 5. The van der Waals surface area contributed by atoms with Gasteiger partial charge in [0.1, 0.15) is 11.3 Å². The van der Waals surface area contributed by atoms with Crippen LogP contribution in [0.3, 0.4) is 0 Å². The van der Waals surface area contributed by atoms with Gasteiger partial charge in [-0.25, -0.2) is 15.0 Å². The molecule has 0 bridgehead atoms. The first-order valence-corrected chi connectivity index (χ1v) is 24.0. The maximum Gasteiger partial charge on any atom is 0.166 e. The third-order valence-electron chi connectivity index (χ3n) is 14.3. The fourth-order valence-electron chi connectivity index (χ4n) is 11.2. The molecule has 0 atom stereocenters. The molecule has 4 heterocycles. The molecule has 0 aliphatic carbocycles. The van der Waals surface area contributed by atoms with Gasteiger partial charge < -0.3 is 13.6 Å². The van der Waals surface area contributed by atoms with Gasteiger partial charge in [0.05, 0.1) is 22.1 Å². The van der Waals surface area contributed by atoms with Crippen LogP contribution < -0.4 is 0 Å². The van der Waals surface area contributed by atoms with Gasteiger partial charge in [-0.05, 0) is 99.4 Å². The van der Waals surface area contributed by atoms with Gasteiger partial charge in [-0.1, -0.05) is 170 Å². The molecule has 0 unspecified atom stereocenters. The monoisotopic (exact) mass is 905 g/mol. The third-order valence-corrected chi connectivity index (χ3v) is 14.3. The van der Waals surface area contributed by atoms with Crippen LogP contribution in [0.1, 0.15) is 0 Å². The van der Waals surface area contributed by atoms with Crippen molar-refractivity contribution in [3.63, 3.8) is 0 Å². The Morgan fingerprint density at radius 1 is 0.310 bits per heavy atom. The van der Waals surface area contributed by atoms with E-state index in [-0.39, 0.29) is 0 Å². The lowest BCUT2D eigenvalue weighted by Crippen LogP contribution is -2.04. The summed E-state index contributed by atoms with van der Waals surface area (Å²) >= 11 is 0. The summed E-state index contributed by atoms with van der Waals surface area (Å²) in [6.45, 7) is 0. The zero-order chi connectivity index (χ0) is 46.6. The number of hydrogen-bond acceptors (Lipinski definition) is 4. The zero-order valence-corrected chi connectivity index (χ0v) is 38.2. The van der Waals surface area contributed by atoms with E-state index in [4.69, 9.17) is 19.4 Å². The average molecular weight is 906 g/mol. The molecule has 6 heteroatoms. The molecule has 4 aromatic heterocycles. The molecule has 0 aliphatic heterocycles. The average Bonchev–Trinajstić information content (AvgIpc) is 4.11. The van der Waals surface area contributed by atoms with Crippen molar-refractivity contribution in [2.75, 3.05) is 0 Å². The highest BCUT2D eigenvalue weighted by atomic mass is 16.3. The molecule has 0 fully saturated rings. The van der Waals surface area contributed by atoms with Crippen LogP contribution in [-0.2, 0) is 0 Å². The number of para-hydroxylation sites is 3. The minimum absolute atomic E-state index is 0.535. The zero-order valence-electron chi connectivity index (χ0n) is 38.2. The predicted octanol–water partition coefficient (Wildman–Crippen LogP) is 16.9. The fourth-order valence-corrected chi connectivity index (χ4v) is 11.2. The third kappa shape index (κ3) is 6.05. The van der Waals surface area contributed by atoms with Crippen LogP contribution in [0.25, 0.3) is 144 Å². The van der Waals surface area contributed by atoms with Crippen molar-refractivity contribution < 1.29 is 4.42 Å². The van der Waals surface area contributed by atoms with E-state index in [1.807, 2.05) is 6.07 Å². The minimum atomic E-state index is 0.535. The van der Waals surface area contributed by atoms with Gasteiger partial charge in [-0.15, -0.1) is 0 Å². The number of furan rings is 1. The van der Waals surface area contributed by atoms with Crippen molar-refractivity contribution >= 4 is 87.1 Å². The first-order chi connectivity index (χ1) is 35.2. The molecular weight excluding hydrogens is 867 g/mol. The summed E-state index contributed by atoms with van der Waals surface area (Å²) in [4.78, 5) is 16.6. The topological polar surface area (TPSA) is 61.7 Å². The number of fused-ring (bicyclic) bond motifs is 12. The summed E-state index contributed by atoms with van der Waals surface area (Å²) in [7, 11) is 0. The Hall–Kier alpha value is -9.65. The van der Waals surface area contributed by atoms with E-state index in [1.165, 1.54) is 5.39 Å². The fraction of sp³-hybridized carbons (Fsp3) is 0. The first kappa shape index (κ1) is 39.4. The summed E-state index contributed by atoms with van der Waals surface area (Å²) < 4.78 is 11.9. The van der Waals surface area contributed by atoms with E-state index >= 15 is 0 Å². The van der Waals surface area contributed by atoms with Gasteiger partial charge in [0.15, 0.2) is 23.1 Å². The van der Waals surface area contributed by atoms with E-state index in [0.29, 0.717) is 17.5 Å². The number of rotatable bonds is 6. The van der Waals surface area contributed by atoms with Gasteiger partial charge in [0.25, 0.3) is 0 Å². The molecule has 6 nitrogen and oxygen atoms in total. The van der Waals surface area contributed by atoms with Crippen LogP contribution in [-0.4, -0.2) is 24.1 Å². The van der Waals surface area contributed by atoms with Gasteiger partial charge in [0.2, 0.25) is 0 Å². The molecule has 71 heavy (non-hydrogen) atoms. The van der Waals surface area contributed by atoms with Crippen molar-refractivity contribution in [1.29, 1.82) is 0 Å². The molecule has 11 aromatic carbocycles. The van der Waals surface area contributed by atoms with E-state index in [9.17, 15) is 0 Å². The van der Waals surface area contributed by atoms with Crippen molar-refractivity contribution in [2.45, 2.75) is 0 Å². The van der Waals surface area contributed by atoms with E-state index < -0.39 is 0 Å². The molecular formula is C65H39N5O. The lowest BCUT2D eigenvalue weighted by molar-refractivity contribution is 0.667. The first-order valence-electron chi connectivity index (χ1n) is 24.0. The maximum absolute atomic E-state index is 7.21. The van der Waals surface area contributed by atoms with Gasteiger partial charge in [-0.2, -0.15) is 0 Å². The molecule has 0 aliphatic rings. The Morgan fingerprint density at radius 2 is 0.915 bits per heavy atom. The second kappa shape index (κ2) is 15.4. The Labute approximate surface area is 407 Å². The lowest BCUT2D eigenvalue weighted by Gasteiger charge is -2.16. The molecule has 15 aromatic rings. The van der Waals surface area contributed by atoms with Crippen LogP contribution in [0.2, 0.25) is 0 Å². The molecule has 15 rings (SSSR count). The predicted molar refractivity (Wildman–Crippen MR) is 293 cm³/mol. The highest BCUT2D eigenvalue weighted by Crippen LogP contribution is 2.46. The van der Waals surface area contributed by atoms with Crippen LogP contribution >= 0.6 is 0 Å². The summed E-state index contributed by atoms with van der Waals surface area (Å²) in [5.41, 5.74) is 12.6. The summed E-state index contributed by atoms with van der Waals surface area (Å²) in [6.07, 6.45) is 0. The number of nitrogens with zero attached hydrogens (tertiary/aromatic N) is 5. The van der Waals surface area contributed by atoms with Crippen LogP contribution in [0.4, 0.5) is 0 Å². The van der Waals surface area contributed by atoms with E-state index in [1.54, 1.807) is 0 Å². The highest BCUT2D eigenvalue weighted by molar-refractivity contribution is 6.22. The molecule has 0 saturated carbocycles. The van der Waals surface area contributed by atoms with Crippen LogP contribution in [0.15, 0.2) is 241 Å². The smallest absolute Gasteiger partial charge is 0.166 e. The van der Waals surface area contributed by atoms with Gasteiger partial charge >= 0.3 is 0 Å². The normalized spacial score (nSPS) is 11.9. The largest absolute Gasteiger partial charge is 0.454 e. The molecule has 0 amide bonds. The lowest BCUT2D eigenvalue weighted by atomic mass is 10.0. The quantitative estimate of drug-likeness (QED) is 0.167. The van der Waals surface area contributed by atoms with E-state index in [2.05, 4.69) is 240 Å². The van der Waals surface area contributed by atoms with Crippen LogP contribution in [0, 0.1) is 0 Å². The summed E-state index contributed by atoms with van der Waals surface area (Å²) in [5, 5.41) is 11.2. The Balaban J connectivity index is 1.08. The summed E-state index contributed by atoms with van der Waals surface area (Å²) in [5.74, 6) is 1.68. The van der Waals surface area contributed by atoms with Crippen molar-refractivity contribution in [3.8, 4) is 56.7 Å². The Kier molecular flexibility index (Phi) is 8.56. The summed E-state index contributed by atoms with van der Waals surface area (Å²) in [6, 6.07) is 83.7. The Morgan fingerprint density at radius 3 is 1.73 bits per heavy atom. The number of hydrogen-bond donors (Lipinski definition) is 0. The van der Waals surface area contributed by atoms with E-state index in [0.717, 1.165) is 121 Å². The van der Waals surface area contributed by atoms with Crippen molar-refractivity contribution in [3.05, 3.63) is 237 Å². The number of benzene rings is 11. The second-order valence-corrected chi connectivity index (χ2v) is 18.3. The molecule has 0 saturated heterocycles. The second-order valence-electron chi connectivity index (χ2n) is 18.3. The SMILES string of the molecule is c1ccc(-c2cccc(-c3nc(-c4ccc5c(oc6ccc7ccccc7c65)c4-n4c5ccccc5c5cc6ccccc6cc54)nc(-c4cccc5c4c4ccccc4n5-c4ccccc4)n3)c2)cc1. The molecule has 0 radical (unpaired) electrons. The van der Waals surface area contributed by atoms with Crippen molar-refractivity contribution in [2.24, 2.45) is 0 Å². The minimum Gasteiger partial charge on any atom is -0.454 e. The van der Waals surface area contributed by atoms with Gasteiger partial charge in [-0.3, -0.25) is 0 Å². The standard InChI is InChI=1S/C65H39N5O/c1-3-17-40(18-4-1)42-22-15-23-45(37-42)63-66-64(51-29-16-32-56-59(51)49-28-12-14-31-55(49)69(56)46-24-5-2-6-25-46)68-65(67-63)52-35-34-50-60-47-26-10-9-19-41(47)33-36-58(60)71-62(50)61(52)70-54-30-13-11-27-48(54)53-38-43-20-7-8-21-44(43)39-57(53)70/h1-39H.